The molecule has 0 aliphatic carbocycles. The van der Waals surface area contributed by atoms with Crippen LogP contribution < -0.4 is 5.32 Å². The van der Waals surface area contributed by atoms with Gasteiger partial charge in [0.05, 0.1) is 12.1 Å². The van der Waals surface area contributed by atoms with Crippen LogP contribution in [0.4, 0.5) is 10.3 Å². The highest BCUT2D eigenvalue weighted by atomic mass is 19.1. The zero-order valence-corrected chi connectivity index (χ0v) is 11.0. The summed E-state index contributed by atoms with van der Waals surface area (Å²) in [5.74, 6) is -0.514. The van der Waals surface area contributed by atoms with Crippen molar-refractivity contribution in [1.29, 1.82) is 0 Å². The SMILES string of the molecule is Cc1ccc(C(=O)OCCNc2ncccn2)cc1F. The van der Waals surface area contributed by atoms with Gasteiger partial charge < -0.3 is 10.1 Å². The number of esters is 1. The molecule has 0 spiro atoms. The molecule has 5 nitrogen and oxygen atoms in total. The van der Waals surface area contributed by atoms with Crippen LogP contribution in [0, 0.1) is 12.7 Å². The molecule has 0 saturated carbocycles. The minimum Gasteiger partial charge on any atom is -0.460 e. The van der Waals surface area contributed by atoms with Crippen molar-refractivity contribution in [2.24, 2.45) is 0 Å². The number of aryl methyl sites for hydroxylation is 1. The Morgan fingerprint density at radius 3 is 2.80 bits per heavy atom. The highest BCUT2D eigenvalue weighted by molar-refractivity contribution is 5.89. The van der Waals surface area contributed by atoms with Crippen LogP contribution in [0.25, 0.3) is 0 Å². The zero-order chi connectivity index (χ0) is 14.4. The van der Waals surface area contributed by atoms with Crippen molar-refractivity contribution in [2.75, 3.05) is 18.5 Å². The number of benzene rings is 1. The lowest BCUT2D eigenvalue weighted by atomic mass is 10.1. The molecule has 1 aromatic carbocycles. The molecular weight excluding hydrogens is 261 g/mol. The van der Waals surface area contributed by atoms with Gasteiger partial charge in [-0.25, -0.2) is 19.2 Å². The minimum atomic E-state index is -0.556. The van der Waals surface area contributed by atoms with Crippen LogP contribution in [0.3, 0.4) is 0 Å². The van der Waals surface area contributed by atoms with Crippen molar-refractivity contribution >= 4 is 11.9 Å². The summed E-state index contributed by atoms with van der Waals surface area (Å²) in [7, 11) is 0. The van der Waals surface area contributed by atoms with E-state index in [1.807, 2.05) is 0 Å². The average molecular weight is 275 g/mol. The fraction of sp³-hybridized carbons (Fsp3) is 0.214. The number of ether oxygens (including phenoxy) is 1. The molecule has 0 aliphatic rings. The van der Waals surface area contributed by atoms with E-state index >= 15 is 0 Å². The van der Waals surface area contributed by atoms with Crippen molar-refractivity contribution in [1.82, 2.24) is 9.97 Å². The Morgan fingerprint density at radius 2 is 2.10 bits per heavy atom. The molecule has 1 heterocycles. The van der Waals surface area contributed by atoms with Crippen molar-refractivity contribution in [3.8, 4) is 0 Å². The molecule has 0 amide bonds. The summed E-state index contributed by atoms with van der Waals surface area (Å²) in [6.07, 6.45) is 3.22. The fourth-order valence-corrected chi connectivity index (χ4v) is 1.50. The van der Waals surface area contributed by atoms with E-state index in [4.69, 9.17) is 4.74 Å². The second kappa shape index (κ2) is 6.60. The first-order valence-corrected chi connectivity index (χ1v) is 6.11. The number of hydrogen-bond acceptors (Lipinski definition) is 5. The molecule has 0 radical (unpaired) electrons. The van der Waals surface area contributed by atoms with Crippen LogP contribution in [0.2, 0.25) is 0 Å². The first-order valence-electron chi connectivity index (χ1n) is 6.11. The van der Waals surface area contributed by atoms with E-state index in [-0.39, 0.29) is 12.2 Å². The Morgan fingerprint density at radius 1 is 1.35 bits per heavy atom. The maximum atomic E-state index is 13.3. The van der Waals surface area contributed by atoms with Gasteiger partial charge in [-0.15, -0.1) is 0 Å². The van der Waals surface area contributed by atoms with Crippen LogP contribution in [-0.2, 0) is 4.74 Å². The van der Waals surface area contributed by atoms with E-state index in [2.05, 4.69) is 15.3 Å². The quantitative estimate of drug-likeness (QED) is 0.669. The van der Waals surface area contributed by atoms with E-state index < -0.39 is 11.8 Å². The fourth-order valence-electron chi connectivity index (χ4n) is 1.50. The van der Waals surface area contributed by atoms with E-state index in [0.717, 1.165) is 0 Å². The van der Waals surface area contributed by atoms with Gasteiger partial charge >= 0.3 is 5.97 Å². The van der Waals surface area contributed by atoms with Crippen molar-refractivity contribution < 1.29 is 13.9 Å². The number of anilines is 1. The van der Waals surface area contributed by atoms with Gasteiger partial charge in [0.1, 0.15) is 12.4 Å². The van der Waals surface area contributed by atoms with Gasteiger partial charge in [0, 0.05) is 12.4 Å². The van der Waals surface area contributed by atoms with Gasteiger partial charge in [-0.2, -0.15) is 0 Å². The van der Waals surface area contributed by atoms with E-state index in [0.29, 0.717) is 18.1 Å². The highest BCUT2D eigenvalue weighted by Crippen LogP contribution is 2.10. The average Bonchev–Trinajstić information content (AvgIpc) is 2.47. The number of halogens is 1. The molecular formula is C14H14FN3O2. The van der Waals surface area contributed by atoms with Crippen LogP contribution in [0.15, 0.2) is 36.7 Å². The maximum absolute atomic E-state index is 13.3. The summed E-state index contributed by atoms with van der Waals surface area (Å²) in [5, 5.41) is 2.90. The van der Waals surface area contributed by atoms with E-state index in [9.17, 15) is 9.18 Å². The third kappa shape index (κ3) is 3.74. The molecule has 1 N–H and O–H groups in total. The number of rotatable bonds is 5. The topological polar surface area (TPSA) is 64.1 Å². The summed E-state index contributed by atoms with van der Waals surface area (Å²) in [6, 6.07) is 5.96. The molecule has 0 aliphatic heterocycles. The second-order valence-corrected chi connectivity index (χ2v) is 4.10. The van der Waals surface area contributed by atoms with Crippen molar-refractivity contribution in [3.05, 3.63) is 53.6 Å². The largest absolute Gasteiger partial charge is 0.460 e. The lowest BCUT2D eigenvalue weighted by Crippen LogP contribution is -2.15. The first-order chi connectivity index (χ1) is 9.66. The Hall–Kier alpha value is -2.50. The monoisotopic (exact) mass is 275 g/mol. The third-order valence-electron chi connectivity index (χ3n) is 2.59. The van der Waals surface area contributed by atoms with E-state index in [1.165, 1.54) is 12.1 Å². The molecule has 0 unspecified atom stereocenters. The van der Waals surface area contributed by atoms with Gasteiger partial charge in [-0.3, -0.25) is 0 Å². The number of carbonyl (C=O) groups is 1. The Balaban J connectivity index is 1.79. The summed E-state index contributed by atoms with van der Waals surface area (Å²) < 4.78 is 18.3. The number of nitrogens with zero attached hydrogens (tertiary/aromatic N) is 2. The number of nitrogens with one attached hydrogen (secondary N) is 1. The molecule has 0 fully saturated rings. The number of carbonyl (C=O) groups excluding carboxylic acids is 1. The highest BCUT2D eigenvalue weighted by Gasteiger charge is 2.09. The Bertz CT molecular complexity index is 590. The summed E-state index contributed by atoms with van der Waals surface area (Å²) in [4.78, 5) is 19.6. The standard InChI is InChI=1S/C14H14FN3O2/c1-10-3-4-11(9-12(10)15)13(19)20-8-7-18-14-16-5-2-6-17-14/h2-6,9H,7-8H2,1H3,(H,16,17,18). The molecule has 0 atom stereocenters. The van der Waals surface area contributed by atoms with Gasteiger partial charge in [-0.05, 0) is 30.7 Å². The van der Waals surface area contributed by atoms with Gasteiger partial charge in [-0.1, -0.05) is 6.07 Å². The van der Waals surface area contributed by atoms with Crippen LogP contribution in [0.1, 0.15) is 15.9 Å². The summed E-state index contributed by atoms with van der Waals surface area (Å²) in [6.45, 7) is 2.16. The number of hydrogen-bond donors (Lipinski definition) is 1. The molecule has 0 saturated heterocycles. The zero-order valence-electron chi connectivity index (χ0n) is 11.0. The van der Waals surface area contributed by atoms with Crippen molar-refractivity contribution in [3.63, 3.8) is 0 Å². The predicted octanol–water partition coefficient (Wildman–Crippen LogP) is 2.19. The lowest BCUT2D eigenvalue weighted by molar-refractivity contribution is 0.0520. The molecule has 20 heavy (non-hydrogen) atoms. The van der Waals surface area contributed by atoms with Gasteiger partial charge in [0.25, 0.3) is 0 Å². The Labute approximate surface area is 115 Å². The molecule has 0 bridgehead atoms. The summed E-state index contributed by atoms with van der Waals surface area (Å²) >= 11 is 0. The van der Waals surface area contributed by atoms with Crippen molar-refractivity contribution in [2.45, 2.75) is 6.92 Å². The van der Waals surface area contributed by atoms with Crippen LogP contribution in [-0.4, -0.2) is 29.1 Å². The van der Waals surface area contributed by atoms with Gasteiger partial charge in [0.15, 0.2) is 0 Å². The first kappa shape index (κ1) is 13.9. The third-order valence-corrected chi connectivity index (χ3v) is 2.59. The molecule has 1 aromatic heterocycles. The minimum absolute atomic E-state index is 0.145. The Kier molecular flexibility index (Phi) is 4.60. The lowest BCUT2D eigenvalue weighted by Gasteiger charge is -2.06. The normalized spacial score (nSPS) is 10.1. The summed E-state index contributed by atoms with van der Waals surface area (Å²) in [5.41, 5.74) is 0.688. The molecule has 2 aromatic rings. The van der Waals surface area contributed by atoms with Crippen LogP contribution in [0.5, 0.6) is 0 Å². The number of aromatic nitrogens is 2. The molecule has 104 valence electrons. The van der Waals surface area contributed by atoms with Crippen LogP contribution >= 0.6 is 0 Å². The predicted molar refractivity (Wildman–Crippen MR) is 71.9 cm³/mol. The van der Waals surface area contributed by atoms with E-state index in [1.54, 1.807) is 31.5 Å². The molecule has 6 heteroatoms. The molecule has 2 rings (SSSR count). The smallest absolute Gasteiger partial charge is 0.338 e. The maximum Gasteiger partial charge on any atom is 0.338 e. The van der Waals surface area contributed by atoms with Gasteiger partial charge in [0.2, 0.25) is 5.95 Å². The second-order valence-electron chi connectivity index (χ2n) is 4.10.